The highest BCUT2D eigenvalue weighted by Crippen LogP contribution is 2.29. The minimum Gasteiger partial charge on any atom is -0.351 e. The van der Waals surface area contributed by atoms with Crippen molar-refractivity contribution in [1.29, 1.82) is 0 Å². The van der Waals surface area contributed by atoms with Crippen LogP contribution in [0.3, 0.4) is 0 Å². The van der Waals surface area contributed by atoms with E-state index >= 15 is 0 Å². The molecule has 2 unspecified atom stereocenters. The van der Waals surface area contributed by atoms with Crippen molar-refractivity contribution < 1.29 is 22.8 Å². The molecule has 0 aliphatic carbocycles. The number of aliphatic imine (C=N–C) groups is 1. The summed E-state index contributed by atoms with van der Waals surface area (Å²) in [6.07, 6.45) is 3.78. The second kappa shape index (κ2) is 9.84. The molecule has 3 aliphatic heterocycles. The Morgan fingerprint density at radius 3 is 2.70 bits per heavy atom. The number of amides is 3. The molecule has 33 heavy (non-hydrogen) atoms. The predicted octanol–water partition coefficient (Wildman–Crippen LogP) is 1.76. The maximum absolute atomic E-state index is 12.8. The SMILES string of the molecule is CN(C(=O)c1cccc(NC(=O)CC2SC(N3CCCCC3)=NC2=O)c1)C1CCS(=O)(=O)C1. The van der Waals surface area contributed by atoms with Gasteiger partial charge in [0.15, 0.2) is 15.0 Å². The summed E-state index contributed by atoms with van der Waals surface area (Å²) in [5.74, 6) is -0.843. The zero-order valence-corrected chi connectivity index (χ0v) is 20.2. The number of nitrogens with one attached hydrogen (secondary N) is 1. The van der Waals surface area contributed by atoms with Crippen molar-refractivity contribution in [3.8, 4) is 0 Å². The number of hydrogen-bond donors (Lipinski definition) is 1. The Labute approximate surface area is 197 Å². The van der Waals surface area contributed by atoms with Crippen LogP contribution in [0.25, 0.3) is 0 Å². The number of rotatable bonds is 5. The van der Waals surface area contributed by atoms with Gasteiger partial charge in [-0.05, 0) is 43.9 Å². The quantitative estimate of drug-likeness (QED) is 0.666. The van der Waals surface area contributed by atoms with Crippen LogP contribution in [0.1, 0.15) is 42.5 Å². The first kappa shape index (κ1) is 23.7. The van der Waals surface area contributed by atoms with E-state index in [2.05, 4.69) is 15.2 Å². The highest BCUT2D eigenvalue weighted by Gasteiger charge is 2.34. The Kier molecular flexibility index (Phi) is 7.08. The van der Waals surface area contributed by atoms with Crippen molar-refractivity contribution in [3.05, 3.63) is 29.8 Å². The Balaban J connectivity index is 1.33. The topological polar surface area (TPSA) is 116 Å². The summed E-state index contributed by atoms with van der Waals surface area (Å²) in [7, 11) is -1.50. The number of likely N-dealkylation sites (tertiary alicyclic amines) is 1. The van der Waals surface area contributed by atoms with Crippen molar-refractivity contribution in [1.82, 2.24) is 9.80 Å². The molecule has 0 radical (unpaired) electrons. The summed E-state index contributed by atoms with van der Waals surface area (Å²) in [6.45, 7) is 1.78. The fourth-order valence-electron chi connectivity index (χ4n) is 4.29. The van der Waals surface area contributed by atoms with Gasteiger partial charge in [-0.1, -0.05) is 17.8 Å². The monoisotopic (exact) mass is 492 g/mol. The highest BCUT2D eigenvalue weighted by atomic mass is 32.2. The number of hydrogen-bond acceptors (Lipinski definition) is 7. The zero-order chi connectivity index (χ0) is 23.6. The molecule has 3 aliphatic rings. The molecule has 4 rings (SSSR count). The highest BCUT2D eigenvalue weighted by molar-refractivity contribution is 8.15. The van der Waals surface area contributed by atoms with Gasteiger partial charge in [0.2, 0.25) is 5.91 Å². The van der Waals surface area contributed by atoms with Gasteiger partial charge in [-0.3, -0.25) is 14.4 Å². The lowest BCUT2D eigenvalue weighted by atomic mass is 10.1. The van der Waals surface area contributed by atoms with Gasteiger partial charge in [-0.15, -0.1) is 0 Å². The number of carbonyl (C=O) groups is 3. The molecule has 0 spiro atoms. The van der Waals surface area contributed by atoms with Gasteiger partial charge < -0.3 is 15.1 Å². The molecule has 1 N–H and O–H groups in total. The van der Waals surface area contributed by atoms with Crippen molar-refractivity contribution in [2.75, 3.05) is 37.0 Å². The largest absolute Gasteiger partial charge is 0.351 e. The molecular weight excluding hydrogens is 464 g/mol. The van der Waals surface area contributed by atoms with Crippen LogP contribution in [0, 0.1) is 0 Å². The normalized spacial score (nSPS) is 24.5. The number of anilines is 1. The van der Waals surface area contributed by atoms with Crippen LogP contribution in [0.2, 0.25) is 0 Å². The average molecular weight is 493 g/mol. The molecular formula is C22H28N4O5S2. The van der Waals surface area contributed by atoms with E-state index in [4.69, 9.17) is 0 Å². The second-order valence-corrected chi connectivity index (χ2v) is 12.1. The van der Waals surface area contributed by atoms with Crippen LogP contribution in [-0.2, 0) is 19.4 Å². The van der Waals surface area contributed by atoms with Crippen LogP contribution in [-0.4, -0.2) is 84.0 Å². The minimum absolute atomic E-state index is 0.00233. The Bertz CT molecular complexity index is 1080. The van der Waals surface area contributed by atoms with E-state index in [1.54, 1.807) is 31.3 Å². The second-order valence-electron chi connectivity index (χ2n) is 8.69. The van der Waals surface area contributed by atoms with Gasteiger partial charge in [0.05, 0.1) is 11.5 Å². The Hall–Kier alpha value is -2.40. The van der Waals surface area contributed by atoms with Crippen LogP contribution in [0.5, 0.6) is 0 Å². The average Bonchev–Trinajstić information content (AvgIpc) is 3.35. The van der Waals surface area contributed by atoms with E-state index in [1.165, 1.54) is 23.1 Å². The standard InChI is InChI=1S/C22H28N4O5S2/c1-25(17-8-11-33(30,31)14-17)21(29)15-6-5-7-16(12-15)23-19(27)13-18-20(28)24-22(32-18)26-9-3-2-4-10-26/h5-7,12,17-18H,2-4,8-11,13-14H2,1H3,(H,23,27). The number of nitrogens with zero attached hydrogens (tertiary/aromatic N) is 3. The molecule has 0 aromatic heterocycles. The van der Waals surface area contributed by atoms with Crippen LogP contribution < -0.4 is 5.32 Å². The molecule has 178 valence electrons. The van der Waals surface area contributed by atoms with Crippen molar-refractivity contribution in [2.24, 2.45) is 4.99 Å². The van der Waals surface area contributed by atoms with Gasteiger partial charge in [0.25, 0.3) is 11.8 Å². The number of amidine groups is 1. The fraction of sp³-hybridized carbons (Fsp3) is 0.545. The maximum atomic E-state index is 12.8. The fourth-order valence-corrected chi connectivity index (χ4v) is 7.18. The first-order chi connectivity index (χ1) is 15.7. The molecule has 2 saturated heterocycles. The minimum atomic E-state index is -3.10. The van der Waals surface area contributed by atoms with E-state index in [9.17, 15) is 22.8 Å². The van der Waals surface area contributed by atoms with Gasteiger partial charge in [0, 0.05) is 43.9 Å². The number of benzene rings is 1. The molecule has 1 aromatic rings. The maximum Gasteiger partial charge on any atom is 0.262 e. The third-order valence-corrected chi connectivity index (χ3v) is 9.16. The van der Waals surface area contributed by atoms with Crippen LogP contribution in [0.4, 0.5) is 5.69 Å². The van der Waals surface area contributed by atoms with E-state index in [0.29, 0.717) is 22.8 Å². The summed E-state index contributed by atoms with van der Waals surface area (Å²) in [5, 5.41) is 2.94. The molecule has 2 fully saturated rings. The molecule has 0 bridgehead atoms. The lowest BCUT2D eigenvalue weighted by Gasteiger charge is -2.27. The predicted molar refractivity (Wildman–Crippen MR) is 128 cm³/mol. The molecule has 11 heteroatoms. The van der Waals surface area contributed by atoms with Crippen molar-refractivity contribution in [3.63, 3.8) is 0 Å². The summed E-state index contributed by atoms with van der Waals surface area (Å²) in [6, 6.07) is 6.19. The Morgan fingerprint density at radius 2 is 2.00 bits per heavy atom. The first-order valence-corrected chi connectivity index (χ1v) is 13.8. The summed E-state index contributed by atoms with van der Waals surface area (Å²) in [4.78, 5) is 45.5. The summed E-state index contributed by atoms with van der Waals surface area (Å²) in [5.41, 5.74) is 0.813. The van der Waals surface area contributed by atoms with E-state index in [-0.39, 0.29) is 41.7 Å². The lowest BCUT2D eigenvalue weighted by Crippen LogP contribution is -2.37. The molecule has 0 saturated carbocycles. The van der Waals surface area contributed by atoms with E-state index < -0.39 is 15.1 Å². The molecule has 3 heterocycles. The summed E-state index contributed by atoms with van der Waals surface area (Å²) < 4.78 is 23.5. The summed E-state index contributed by atoms with van der Waals surface area (Å²) >= 11 is 1.35. The van der Waals surface area contributed by atoms with Crippen LogP contribution in [0.15, 0.2) is 29.3 Å². The molecule has 1 aromatic carbocycles. The van der Waals surface area contributed by atoms with Crippen LogP contribution >= 0.6 is 11.8 Å². The number of thioether (sulfide) groups is 1. The van der Waals surface area contributed by atoms with Gasteiger partial charge in [-0.2, -0.15) is 4.99 Å². The molecule has 3 amide bonds. The van der Waals surface area contributed by atoms with Gasteiger partial charge >= 0.3 is 0 Å². The first-order valence-electron chi connectivity index (χ1n) is 11.1. The van der Waals surface area contributed by atoms with Crippen molar-refractivity contribution >= 4 is 50.2 Å². The lowest BCUT2D eigenvalue weighted by molar-refractivity contribution is -0.121. The molecule has 9 nitrogen and oxygen atoms in total. The van der Waals surface area contributed by atoms with E-state index in [1.807, 2.05) is 0 Å². The Morgan fingerprint density at radius 1 is 1.24 bits per heavy atom. The smallest absolute Gasteiger partial charge is 0.262 e. The van der Waals surface area contributed by atoms with E-state index in [0.717, 1.165) is 25.9 Å². The van der Waals surface area contributed by atoms with Crippen molar-refractivity contribution in [2.45, 2.75) is 43.4 Å². The number of sulfone groups is 1. The van der Waals surface area contributed by atoms with Gasteiger partial charge in [-0.25, -0.2) is 8.42 Å². The number of carbonyl (C=O) groups excluding carboxylic acids is 3. The third kappa shape index (κ3) is 5.75. The van der Waals surface area contributed by atoms with Gasteiger partial charge in [0.1, 0.15) is 5.25 Å². The third-order valence-electron chi connectivity index (χ3n) is 6.20. The number of piperidine rings is 1. The zero-order valence-electron chi connectivity index (χ0n) is 18.5. The molecule has 2 atom stereocenters.